The van der Waals surface area contributed by atoms with Crippen LogP contribution in [0.15, 0.2) is 23.0 Å². The molecule has 0 aromatic heterocycles. The van der Waals surface area contributed by atoms with Crippen molar-refractivity contribution >= 4 is 12.0 Å². The largest absolute Gasteiger partial charge is 0.493 e. The molecule has 0 heterocycles. The molecule has 8 nitrogen and oxygen atoms in total. The normalized spacial score (nSPS) is 10.9. The molecule has 0 aliphatic carbocycles. The quantitative estimate of drug-likeness (QED) is 0.168. The summed E-state index contributed by atoms with van der Waals surface area (Å²) in [5.41, 5.74) is 9.81. The predicted octanol–water partition coefficient (Wildman–Crippen LogP) is 3.84. The Hall–Kier alpha value is -2.86. The van der Waals surface area contributed by atoms with Gasteiger partial charge in [-0.3, -0.25) is 0 Å². The van der Waals surface area contributed by atoms with Crippen LogP contribution in [-0.2, 0) is 20.8 Å². The third kappa shape index (κ3) is 5.93. The molecule has 0 aliphatic rings. The molecular weight excluding hydrogens is 326 g/mol. The second-order valence-corrected chi connectivity index (χ2v) is 5.20. The van der Waals surface area contributed by atoms with E-state index >= 15 is 0 Å². The fraction of sp³-hybridized carbons (Fsp3) is 0.471. The summed E-state index contributed by atoms with van der Waals surface area (Å²) in [6, 6.07) is 3.43. The van der Waals surface area contributed by atoms with E-state index < -0.39 is 5.97 Å². The highest BCUT2D eigenvalue weighted by atomic mass is 16.6. The molecule has 1 rings (SSSR count). The van der Waals surface area contributed by atoms with E-state index in [0.29, 0.717) is 22.6 Å². The van der Waals surface area contributed by atoms with Crippen LogP contribution in [0.4, 0.5) is 0 Å². The van der Waals surface area contributed by atoms with Gasteiger partial charge in [0.1, 0.15) is 0 Å². The topological polar surface area (TPSA) is 103 Å². The van der Waals surface area contributed by atoms with Crippen molar-refractivity contribution < 1.29 is 23.7 Å². The van der Waals surface area contributed by atoms with Gasteiger partial charge in [-0.15, -0.1) is 0 Å². The van der Waals surface area contributed by atoms with Gasteiger partial charge in [0.15, 0.2) is 11.5 Å². The molecule has 0 atom stereocenters. The van der Waals surface area contributed by atoms with Crippen LogP contribution >= 0.6 is 0 Å². The lowest BCUT2D eigenvalue weighted by Crippen LogP contribution is -2.14. The number of benzene rings is 1. The molecular formula is C17H23N3O5. The van der Waals surface area contributed by atoms with Gasteiger partial charge in [0, 0.05) is 10.5 Å². The van der Waals surface area contributed by atoms with Gasteiger partial charge in [-0.05, 0) is 50.1 Å². The van der Waals surface area contributed by atoms with Gasteiger partial charge in [-0.1, -0.05) is 5.11 Å². The maximum atomic E-state index is 12.1. The van der Waals surface area contributed by atoms with Crippen LogP contribution in [0.5, 0.6) is 11.5 Å². The summed E-state index contributed by atoms with van der Waals surface area (Å²) < 4.78 is 21.2. The summed E-state index contributed by atoms with van der Waals surface area (Å²) in [4.78, 5) is 14.8. The maximum Gasteiger partial charge on any atom is 0.373 e. The smallest absolute Gasteiger partial charge is 0.373 e. The van der Waals surface area contributed by atoms with Gasteiger partial charge in [0.2, 0.25) is 5.76 Å². The molecule has 0 saturated carbocycles. The molecule has 0 fully saturated rings. The Labute approximate surface area is 147 Å². The molecule has 0 aliphatic heterocycles. The van der Waals surface area contributed by atoms with Gasteiger partial charge < -0.3 is 18.9 Å². The van der Waals surface area contributed by atoms with Gasteiger partial charge in [0.05, 0.1) is 33.5 Å². The van der Waals surface area contributed by atoms with Crippen LogP contribution in [0.25, 0.3) is 16.5 Å². The van der Waals surface area contributed by atoms with Crippen LogP contribution in [0.2, 0.25) is 0 Å². The molecule has 0 amide bonds. The summed E-state index contributed by atoms with van der Waals surface area (Å²) >= 11 is 0. The highest BCUT2D eigenvalue weighted by molar-refractivity contribution is 5.91. The second-order valence-electron chi connectivity index (χ2n) is 5.20. The van der Waals surface area contributed by atoms with Crippen molar-refractivity contribution in [3.05, 3.63) is 39.5 Å². The molecule has 0 unspecified atom stereocenters. The minimum Gasteiger partial charge on any atom is -0.493 e. The molecule has 0 saturated heterocycles. The Kier molecular flexibility index (Phi) is 8.15. The minimum absolute atomic E-state index is 0.0808. The third-order valence-corrected chi connectivity index (χ3v) is 3.02. The molecule has 0 N–H and O–H groups in total. The van der Waals surface area contributed by atoms with E-state index in [1.807, 2.05) is 13.8 Å². The third-order valence-electron chi connectivity index (χ3n) is 3.02. The number of hydrogen-bond donors (Lipinski definition) is 0. The van der Waals surface area contributed by atoms with E-state index in [-0.39, 0.29) is 25.0 Å². The summed E-state index contributed by atoms with van der Waals surface area (Å²) in [6.07, 6.45) is 1.36. The first-order valence-electron chi connectivity index (χ1n) is 7.78. The highest BCUT2D eigenvalue weighted by Gasteiger charge is 2.16. The lowest BCUT2D eigenvalue weighted by atomic mass is 10.1. The Morgan fingerprint density at radius 1 is 1.32 bits per heavy atom. The van der Waals surface area contributed by atoms with Crippen LogP contribution < -0.4 is 9.47 Å². The Balaban J connectivity index is 3.40. The molecule has 0 spiro atoms. The first kappa shape index (κ1) is 20.2. The molecule has 0 radical (unpaired) electrons. The predicted molar refractivity (Wildman–Crippen MR) is 93.2 cm³/mol. The zero-order valence-corrected chi connectivity index (χ0v) is 15.1. The zero-order chi connectivity index (χ0) is 18.8. The maximum absolute atomic E-state index is 12.1. The first-order valence-corrected chi connectivity index (χ1v) is 7.78. The number of hydrogen-bond acceptors (Lipinski definition) is 6. The lowest BCUT2D eigenvalue weighted by Gasteiger charge is -2.15. The van der Waals surface area contributed by atoms with Crippen molar-refractivity contribution in [1.29, 1.82) is 0 Å². The number of rotatable bonds is 9. The fourth-order valence-electron chi connectivity index (χ4n) is 2.12. The highest BCUT2D eigenvalue weighted by Crippen LogP contribution is 2.34. The lowest BCUT2D eigenvalue weighted by molar-refractivity contribution is -0.143. The zero-order valence-electron chi connectivity index (χ0n) is 15.1. The number of methoxy groups -OCH3 is 2. The standard InChI is InChI=1S/C17H23N3O5/c1-6-24-17(21)15(25-11(2)3)9-12-7-13(10-19-20-18)16(23-5)14(8-12)22-4/h7-9,11H,6,10H2,1-5H3. The molecule has 136 valence electrons. The van der Waals surface area contributed by atoms with E-state index in [2.05, 4.69) is 10.0 Å². The van der Waals surface area contributed by atoms with Crippen molar-refractivity contribution in [3.8, 4) is 11.5 Å². The first-order chi connectivity index (χ1) is 12.0. The van der Waals surface area contributed by atoms with Gasteiger partial charge in [-0.25, -0.2) is 4.79 Å². The van der Waals surface area contributed by atoms with E-state index in [1.54, 1.807) is 25.1 Å². The van der Waals surface area contributed by atoms with Crippen molar-refractivity contribution in [2.75, 3.05) is 20.8 Å². The van der Waals surface area contributed by atoms with Crippen molar-refractivity contribution in [2.45, 2.75) is 33.4 Å². The summed E-state index contributed by atoms with van der Waals surface area (Å²) in [6.45, 7) is 5.67. The van der Waals surface area contributed by atoms with Crippen molar-refractivity contribution in [1.82, 2.24) is 0 Å². The summed E-state index contributed by atoms with van der Waals surface area (Å²) in [7, 11) is 3.00. The fourth-order valence-corrected chi connectivity index (χ4v) is 2.12. The number of nitrogens with zero attached hydrogens (tertiary/aromatic N) is 3. The molecule has 1 aromatic rings. The van der Waals surface area contributed by atoms with E-state index in [0.717, 1.165) is 0 Å². The monoisotopic (exact) mass is 349 g/mol. The van der Waals surface area contributed by atoms with Gasteiger partial charge in [0.25, 0.3) is 0 Å². The molecule has 0 bridgehead atoms. The summed E-state index contributed by atoms with van der Waals surface area (Å²) in [5, 5.41) is 3.56. The number of ether oxygens (including phenoxy) is 4. The average molecular weight is 349 g/mol. The number of esters is 1. The van der Waals surface area contributed by atoms with Crippen LogP contribution in [-0.4, -0.2) is 32.9 Å². The van der Waals surface area contributed by atoms with E-state index in [9.17, 15) is 4.79 Å². The van der Waals surface area contributed by atoms with Crippen LogP contribution in [0.1, 0.15) is 31.9 Å². The van der Waals surface area contributed by atoms with Gasteiger partial charge in [-0.2, -0.15) is 0 Å². The van der Waals surface area contributed by atoms with Crippen molar-refractivity contribution in [3.63, 3.8) is 0 Å². The summed E-state index contributed by atoms with van der Waals surface area (Å²) in [5.74, 6) is 0.447. The molecule has 25 heavy (non-hydrogen) atoms. The second kappa shape index (κ2) is 10.1. The SMILES string of the molecule is CCOC(=O)C(=Cc1cc(CN=[N+]=[N-])c(OC)c(OC)c1)OC(C)C. The number of carbonyl (C=O) groups is 1. The van der Waals surface area contributed by atoms with Gasteiger partial charge >= 0.3 is 5.97 Å². The van der Waals surface area contributed by atoms with Crippen LogP contribution in [0, 0.1) is 0 Å². The minimum atomic E-state index is -0.553. The average Bonchev–Trinajstić information content (AvgIpc) is 2.58. The number of azide groups is 1. The van der Waals surface area contributed by atoms with Crippen molar-refractivity contribution in [2.24, 2.45) is 5.11 Å². The number of carbonyl (C=O) groups excluding carboxylic acids is 1. The van der Waals surface area contributed by atoms with Crippen LogP contribution in [0.3, 0.4) is 0 Å². The Bertz CT molecular complexity index is 679. The van der Waals surface area contributed by atoms with E-state index in [1.165, 1.54) is 14.2 Å². The molecule has 8 heteroatoms. The Morgan fingerprint density at radius 3 is 2.56 bits per heavy atom. The Morgan fingerprint density at radius 2 is 2.04 bits per heavy atom. The molecule has 1 aromatic carbocycles. The van der Waals surface area contributed by atoms with E-state index in [4.69, 9.17) is 24.5 Å².